The van der Waals surface area contributed by atoms with Gasteiger partial charge in [-0.1, -0.05) is 30.0 Å². The van der Waals surface area contributed by atoms with E-state index in [0.717, 1.165) is 5.56 Å². The number of hydrogen-bond acceptors (Lipinski definition) is 7. The van der Waals surface area contributed by atoms with Crippen LogP contribution in [-0.2, 0) is 4.79 Å². The van der Waals surface area contributed by atoms with Gasteiger partial charge in [0.25, 0.3) is 11.8 Å². The number of carbonyl (C=O) groups excluding carboxylic acids is 2. The largest absolute Gasteiger partial charge is 0.619 e. The molecule has 1 aromatic heterocycles. The summed E-state index contributed by atoms with van der Waals surface area (Å²) in [5, 5.41) is 13.9. The predicted molar refractivity (Wildman–Crippen MR) is 110 cm³/mol. The van der Waals surface area contributed by atoms with Crippen LogP contribution in [0.1, 0.15) is 15.9 Å². The summed E-state index contributed by atoms with van der Waals surface area (Å²) in [6, 6.07) is 8.46. The molecule has 1 aromatic carbocycles. The van der Waals surface area contributed by atoms with Crippen LogP contribution < -0.4 is 19.5 Å². The van der Waals surface area contributed by atoms with Crippen LogP contribution in [0.4, 0.5) is 0 Å². The number of ether oxygens (including phenoxy) is 2. The van der Waals surface area contributed by atoms with Crippen LogP contribution in [0, 0.1) is 5.21 Å². The first-order valence-corrected chi connectivity index (χ1v) is 9.86. The van der Waals surface area contributed by atoms with Crippen molar-refractivity contribution >= 4 is 46.2 Å². The SMILES string of the molecule is O=C(NCCN1C(=O)/C(=C\c2ccc3c(c2)OCO3)SC1=S)c1ccc[n+]([O-])c1. The quantitative estimate of drug-likeness (QED) is 0.334. The van der Waals surface area contributed by atoms with E-state index in [1.807, 2.05) is 6.07 Å². The van der Waals surface area contributed by atoms with Gasteiger partial charge in [0.2, 0.25) is 6.79 Å². The van der Waals surface area contributed by atoms with Crippen LogP contribution in [0.2, 0.25) is 0 Å². The number of thioether (sulfide) groups is 1. The van der Waals surface area contributed by atoms with Gasteiger partial charge in [0, 0.05) is 19.2 Å². The first kappa shape index (κ1) is 19.2. The molecule has 0 aliphatic carbocycles. The Labute approximate surface area is 175 Å². The molecule has 0 atom stereocenters. The van der Waals surface area contributed by atoms with E-state index < -0.39 is 5.91 Å². The molecule has 1 N–H and O–H groups in total. The average Bonchev–Trinajstić information content (AvgIpc) is 3.27. The summed E-state index contributed by atoms with van der Waals surface area (Å²) in [5.41, 5.74) is 1.05. The van der Waals surface area contributed by atoms with Crippen molar-refractivity contribution in [3.63, 3.8) is 0 Å². The minimum Gasteiger partial charge on any atom is -0.619 e. The summed E-state index contributed by atoms with van der Waals surface area (Å²) < 4.78 is 11.6. The highest BCUT2D eigenvalue weighted by Crippen LogP contribution is 2.36. The molecule has 148 valence electrons. The number of carbonyl (C=O) groups is 2. The van der Waals surface area contributed by atoms with Crippen molar-refractivity contribution in [1.29, 1.82) is 0 Å². The van der Waals surface area contributed by atoms with Crippen LogP contribution in [0.3, 0.4) is 0 Å². The van der Waals surface area contributed by atoms with Crippen molar-refractivity contribution in [1.82, 2.24) is 10.2 Å². The third-order valence-electron chi connectivity index (χ3n) is 4.23. The normalized spacial score (nSPS) is 16.6. The van der Waals surface area contributed by atoms with Gasteiger partial charge >= 0.3 is 0 Å². The van der Waals surface area contributed by atoms with E-state index >= 15 is 0 Å². The van der Waals surface area contributed by atoms with Gasteiger partial charge in [0.1, 0.15) is 9.88 Å². The molecule has 0 spiro atoms. The number of fused-ring (bicyclic) bond motifs is 1. The van der Waals surface area contributed by atoms with Gasteiger partial charge in [0.05, 0.1) is 4.91 Å². The van der Waals surface area contributed by atoms with Gasteiger partial charge in [-0.25, -0.2) is 0 Å². The Bertz CT molecular complexity index is 1040. The molecule has 0 unspecified atom stereocenters. The molecule has 0 saturated carbocycles. The molecular formula is C19H15N3O5S2. The molecule has 1 saturated heterocycles. The van der Waals surface area contributed by atoms with Crippen LogP contribution in [-0.4, -0.2) is 40.9 Å². The van der Waals surface area contributed by atoms with Crippen molar-refractivity contribution in [2.75, 3.05) is 19.9 Å². The first-order valence-electron chi connectivity index (χ1n) is 8.63. The van der Waals surface area contributed by atoms with E-state index in [0.29, 0.717) is 25.5 Å². The van der Waals surface area contributed by atoms with E-state index in [9.17, 15) is 14.8 Å². The second-order valence-corrected chi connectivity index (χ2v) is 7.83. The molecule has 0 radical (unpaired) electrons. The van der Waals surface area contributed by atoms with Gasteiger partial charge in [-0.05, 0) is 29.8 Å². The molecule has 10 heteroatoms. The molecule has 2 aliphatic rings. The highest BCUT2D eigenvalue weighted by molar-refractivity contribution is 8.26. The maximum Gasteiger partial charge on any atom is 0.266 e. The number of nitrogens with one attached hydrogen (secondary N) is 1. The van der Waals surface area contributed by atoms with Crippen LogP contribution >= 0.6 is 24.0 Å². The van der Waals surface area contributed by atoms with Crippen LogP contribution in [0.25, 0.3) is 6.08 Å². The van der Waals surface area contributed by atoms with E-state index in [1.165, 1.54) is 41.2 Å². The number of rotatable bonds is 5. The third kappa shape index (κ3) is 4.17. The molecule has 29 heavy (non-hydrogen) atoms. The lowest BCUT2D eigenvalue weighted by Gasteiger charge is -2.14. The van der Waals surface area contributed by atoms with E-state index in [-0.39, 0.29) is 31.4 Å². The van der Waals surface area contributed by atoms with E-state index in [1.54, 1.807) is 18.2 Å². The fourth-order valence-corrected chi connectivity index (χ4v) is 4.13. The summed E-state index contributed by atoms with van der Waals surface area (Å²) >= 11 is 6.51. The monoisotopic (exact) mass is 429 g/mol. The standard InChI is InChI=1S/C19H15N3O5S2/c23-17(13-2-1-6-21(25)10-13)20-5-7-22-18(24)16(29-19(22)28)9-12-3-4-14-15(8-12)27-11-26-14/h1-4,6,8-10H,5,7,11H2,(H,20,23)/b16-9+. The van der Waals surface area contributed by atoms with Crippen LogP contribution in [0.15, 0.2) is 47.6 Å². The second-order valence-electron chi connectivity index (χ2n) is 6.15. The summed E-state index contributed by atoms with van der Waals surface area (Å²) in [6.07, 6.45) is 4.23. The van der Waals surface area contributed by atoms with Gasteiger partial charge < -0.3 is 20.0 Å². The zero-order chi connectivity index (χ0) is 20.4. The minimum absolute atomic E-state index is 0.185. The molecular weight excluding hydrogens is 414 g/mol. The molecule has 1 fully saturated rings. The van der Waals surface area contributed by atoms with Crippen molar-refractivity contribution in [2.45, 2.75) is 0 Å². The Morgan fingerprint density at radius 2 is 2.17 bits per heavy atom. The van der Waals surface area contributed by atoms with Gasteiger partial charge in [-0.2, -0.15) is 4.73 Å². The molecule has 2 aromatic rings. The molecule has 0 bridgehead atoms. The van der Waals surface area contributed by atoms with E-state index in [2.05, 4.69) is 5.32 Å². The van der Waals surface area contributed by atoms with Crippen molar-refractivity contribution < 1.29 is 23.8 Å². The summed E-state index contributed by atoms with van der Waals surface area (Å²) in [7, 11) is 0. The molecule has 2 amide bonds. The Morgan fingerprint density at radius 1 is 1.34 bits per heavy atom. The molecule has 4 rings (SSSR count). The van der Waals surface area contributed by atoms with Gasteiger partial charge in [-0.3, -0.25) is 14.5 Å². The number of aromatic nitrogens is 1. The number of thiocarbonyl (C=S) groups is 1. The highest BCUT2D eigenvalue weighted by atomic mass is 32.2. The Balaban J connectivity index is 1.37. The zero-order valence-electron chi connectivity index (χ0n) is 15.0. The van der Waals surface area contributed by atoms with Gasteiger partial charge in [0.15, 0.2) is 23.9 Å². The second kappa shape index (κ2) is 8.10. The lowest BCUT2D eigenvalue weighted by molar-refractivity contribution is -0.605. The molecule has 3 heterocycles. The summed E-state index contributed by atoms with van der Waals surface area (Å²) in [5.74, 6) is 0.698. The number of pyridine rings is 1. The van der Waals surface area contributed by atoms with Gasteiger partial charge in [-0.15, -0.1) is 0 Å². The predicted octanol–water partition coefficient (Wildman–Crippen LogP) is 1.68. The maximum absolute atomic E-state index is 12.7. The highest BCUT2D eigenvalue weighted by Gasteiger charge is 2.31. The lowest BCUT2D eigenvalue weighted by atomic mass is 10.2. The first-order chi connectivity index (χ1) is 14.0. The fourth-order valence-electron chi connectivity index (χ4n) is 2.82. The fraction of sp³-hybridized carbons (Fsp3) is 0.158. The zero-order valence-corrected chi connectivity index (χ0v) is 16.6. The number of nitrogens with zero attached hydrogens (tertiary/aromatic N) is 2. The smallest absolute Gasteiger partial charge is 0.266 e. The Kier molecular flexibility index (Phi) is 5.36. The Hall–Kier alpha value is -3.11. The van der Waals surface area contributed by atoms with Crippen molar-refractivity contribution in [3.8, 4) is 11.5 Å². The molecule has 2 aliphatic heterocycles. The average molecular weight is 429 g/mol. The number of hydrogen-bond donors (Lipinski definition) is 1. The minimum atomic E-state index is -0.392. The lowest BCUT2D eigenvalue weighted by Crippen LogP contribution is -2.38. The van der Waals surface area contributed by atoms with E-state index in [4.69, 9.17) is 21.7 Å². The number of amides is 2. The summed E-state index contributed by atoms with van der Waals surface area (Å²) in [6.45, 7) is 0.625. The van der Waals surface area contributed by atoms with Crippen molar-refractivity contribution in [3.05, 3.63) is 64.0 Å². The topological polar surface area (TPSA) is 94.8 Å². The number of benzene rings is 1. The van der Waals surface area contributed by atoms with Crippen molar-refractivity contribution in [2.24, 2.45) is 0 Å². The third-order valence-corrected chi connectivity index (χ3v) is 5.60. The Morgan fingerprint density at radius 3 is 3.00 bits per heavy atom. The summed E-state index contributed by atoms with van der Waals surface area (Å²) in [4.78, 5) is 26.7. The van der Waals surface area contributed by atoms with Crippen LogP contribution in [0.5, 0.6) is 11.5 Å². The maximum atomic E-state index is 12.7. The molecule has 8 nitrogen and oxygen atoms in total.